The number of carbonyl (C=O) groups is 2. The van der Waals surface area contributed by atoms with Crippen molar-refractivity contribution in [1.82, 2.24) is 0 Å². The Morgan fingerprint density at radius 2 is 1.75 bits per heavy atom. The number of allylic oxidation sites excluding steroid dienone is 2. The van der Waals surface area contributed by atoms with Crippen LogP contribution < -0.4 is 0 Å². The molecule has 0 amide bonds. The third-order valence-electron chi connectivity index (χ3n) is 2.74. The van der Waals surface area contributed by atoms with Crippen LogP contribution in [0.1, 0.15) is 32.6 Å². The quantitative estimate of drug-likeness (QED) is 0.544. The van der Waals surface area contributed by atoms with E-state index < -0.39 is 23.2 Å². The minimum absolute atomic E-state index is 0.181. The lowest BCUT2D eigenvalue weighted by Gasteiger charge is -2.33. The Hall–Kier alpha value is -1.13. The van der Waals surface area contributed by atoms with Crippen LogP contribution in [0.3, 0.4) is 0 Å². The molecule has 0 aromatic heterocycles. The maximum absolute atomic E-state index is 12.9. The van der Waals surface area contributed by atoms with E-state index in [9.17, 15) is 22.8 Å². The maximum Gasteiger partial charge on any atom is 0.411 e. The van der Waals surface area contributed by atoms with E-state index in [0.29, 0.717) is 6.42 Å². The molecule has 1 saturated carbocycles. The summed E-state index contributed by atoms with van der Waals surface area (Å²) in [6.45, 7) is 1.65. The predicted molar refractivity (Wildman–Crippen MR) is 51.8 cm³/mol. The Morgan fingerprint density at radius 1 is 1.25 bits per heavy atom. The molecule has 0 atom stereocenters. The minimum atomic E-state index is -4.83. The first kappa shape index (κ1) is 12.9. The average molecular weight is 234 g/mol. The van der Waals surface area contributed by atoms with Gasteiger partial charge in [0.1, 0.15) is 0 Å². The van der Waals surface area contributed by atoms with Crippen LogP contribution >= 0.6 is 0 Å². The van der Waals surface area contributed by atoms with Crippen molar-refractivity contribution in [3.05, 3.63) is 12.2 Å². The molecule has 16 heavy (non-hydrogen) atoms. The molecule has 0 aromatic rings. The summed E-state index contributed by atoms with van der Waals surface area (Å²) in [5, 5.41) is 0. The smallest absolute Gasteiger partial charge is 0.298 e. The number of hydrogen-bond donors (Lipinski definition) is 0. The summed E-state index contributed by atoms with van der Waals surface area (Å²) in [5.74, 6) is -2.05. The van der Waals surface area contributed by atoms with Gasteiger partial charge in [-0.2, -0.15) is 13.2 Å². The zero-order chi connectivity index (χ0) is 12.4. The van der Waals surface area contributed by atoms with Crippen LogP contribution in [-0.2, 0) is 9.59 Å². The molecule has 5 heteroatoms. The molecule has 1 fully saturated rings. The molecule has 0 unspecified atom stereocenters. The second-order valence-corrected chi connectivity index (χ2v) is 3.82. The maximum atomic E-state index is 12.9. The van der Waals surface area contributed by atoms with Crippen molar-refractivity contribution < 1.29 is 22.8 Å². The highest BCUT2D eigenvalue weighted by molar-refractivity contribution is 6.11. The van der Waals surface area contributed by atoms with E-state index in [1.165, 1.54) is 6.08 Å². The monoisotopic (exact) mass is 234 g/mol. The average Bonchev–Trinajstić information content (AvgIpc) is 2.15. The van der Waals surface area contributed by atoms with Crippen LogP contribution in [0.25, 0.3) is 0 Å². The Kier molecular flexibility index (Phi) is 3.55. The Labute approximate surface area is 91.5 Å². The second kappa shape index (κ2) is 4.39. The molecule has 90 valence electrons. The van der Waals surface area contributed by atoms with Gasteiger partial charge in [0, 0.05) is 12.8 Å². The Balaban J connectivity index is 3.25. The van der Waals surface area contributed by atoms with Gasteiger partial charge in [0.2, 0.25) is 0 Å². The van der Waals surface area contributed by atoms with Crippen molar-refractivity contribution in [1.29, 1.82) is 0 Å². The van der Waals surface area contributed by atoms with Gasteiger partial charge in [-0.05, 0) is 12.8 Å². The lowest BCUT2D eigenvalue weighted by atomic mass is 9.71. The summed E-state index contributed by atoms with van der Waals surface area (Å²) in [7, 11) is 0. The van der Waals surface area contributed by atoms with E-state index in [-0.39, 0.29) is 19.3 Å². The first-order valence-corrected chi connectivity index (χ1v) is 5.17. The molecular weight excluding hydrogens is 221 g/mol. The number of carbonyl (C=O) groups excluding carboxylic acids is 2. The van der Waals surface area contributed by atoms with Crippen molar-refractivity contribution in [2.75, 3.05) is 0 Å². The first-order valence-electron chi connectivity index (χ1n) is 5.17. The molecule has 0 radical (unpaired) electrons. The molecule has 1 aliphatic carbocycles. The number of hydrogen-bond acceptors (Lipinski definition) is 2. The number of rotatable bonds is 2. The molecule has 1 aliphatic rings. The highest BCUT2D eigenvalue weighted by Gasteiger charge is 2.63. The SMILES string of the molecule is CC/C=C/C1(C(F)(F)F)C(=O)CCCC1=O. The number of ketones is 2. The standard InChI is InChI=1S/C11H13F3O2/c1-2-3-7-10(11(12,13)14)8(15)5-4-6-9(10)16/h3,7H,2,4-6H2,1H3/b7-3+. The first-order chi connectivity index (χ1) is 7.36. The van der Waals surface area contributed by atoms with Crippen molar-refractivity contribution in [2.45, 2.75) is 38.8 Å². The zero-order valence-electron chi connectivity index (χ0n) is 8.93. The summed E-state index contributed by atoms with van der Waals surface area (Å²) in [4.78, 5) is 23.0. The van der Waals surface area contributed by atoms with Gasteiger partial charge in [-0.3, -0.25) is 9.59 Å². The summed E-state index contributed by atoms with van der Waals surface area (Å²) in [5.41, 5.74) is -2.87. The lowest BCUT2D eigenvalue weighted by molar-refractivity contribution is -0.207. The fraction of sp³-hybridized carbons (Fsp3) is 0.636. The normalized spacial score (nSPS) is 21.8. The summed E-state index contributed by atoms with van der Waals surface area (Å²) in [6.07, 6.45) is -2.65. The Morgan fingerprint density at radius 3 is 2.12 bits per heavy atom. The topological polar surface area (TPSA) is 34.1 Å². The van der Waals surface area contributed by atoms with Crippen LogP contribution in [0.15, 0.2) is 12.2 Å². The zero-order valence-corrected chi connectivity index (χ0v) is 8.93. The second-order valence-electron chi connectivity index (χ2n) is 3.82. The molecule has 0 bridgehead atoms. The fourth-order valence-corrected chi connectivity index (χ4v) is 1.85. The van der Waals surface area contributed by atoms with Crippen LogP contribution in [0.5, 0.6) is 0 Å². The molecule has 2 nitrogen and oxygen atoms in total. The molecule has 0 aromatic carbocycles. The van der Waals surface area contributed by atoms with Gasteiger partial charge in [-0.25, -0.2) is 0 Å². The molecular formula is C11H13F3O2. The van der Waals surface area contributed by atoms with Crippen molar-refractivity contribution in [2.24, 2.45) is 5.41 Å². The molecule has 0 heterocycles. The third-order valence-corrected chi connectivity index (χ3v) is 2.74. The van der Waals surface area contributed by atoms with E-state index in [2.05, 4.69) is 0 Å². The van der Waals surface area contributed by atoms with Crippen LogP contribution in [-0.4, -0.2) is 17.7 Å². The van der Waals surface area contributed by atoms with Gasteiger partial charge in [0.15, 0.2) is 17.0 Å². The van der Waals surface area contributed by atoms with E-state index in [1.54, 1.807) is 6.92 Å². The van der Waals surface area contributed by atoms with Gasteiger partial charge >= 0.3 is 6.18 Å². The summed E-state index contributed by atoms with van der Waals surface area (Å²) < 4.78 is 38.8. The van der Waals surface area contributed by atoms with Gasteiger partial charge in [0.05, 0.1) is 0 Å². The summed E-state index contributed by atoms with van der Waals surface area (Å²) >= 11 is 0. The molecule has 1 rings (SSSR count). The van der Waals surface area contributed by atoms with Gasteiger partial charge in [0.25, 0.3) is 0 Å². The minimum Gasteiger partial charge on any atom is -0.298 e. The largest absolute Gasteiger partial charge is 0.411 e. The van der Waals surface area contributed by atoms with Gasteiger partial charge < -0.3 is 0 Å². The van der Waals surface area contributed by atoms with Crippen LogP contribution in [0.2, 0.25) is 0 Å². The molecule has 0 aliphatic heterocycles. The van der Waals surface area contributed by atoms with E-state index in [4.69, 9.17) is 0 Å². The molecule has 0 N–H and O–H groups in total. The molecule has 0 spiro atoms. The predicted octanol–water partition coefficient (Wildman–Crippen LogP) is 2.82. The number of Topliss-reactive ketones (excluding diaryl/α,β-unsaturated/α-hetero) is 2. The van der Waals surface area contributed by atoms with Crippen LogP contribution in [0, 0.1) is 5.41 Å². The summed E-state index contributed by atoms with van der Waals surface area (Å²) in [6, 6.07) is 0. The van der Waals surface area contributed by atoms with E-state index >= 15 is 0 Å². The van der Waals surface area contributed by atoms with Crippen molar-refractivity contribution >= 4 is 11.6 Å². The van der Waals surface area contributed by atoms with E-state index in [1.807, 2.05) is 0 Å². The third kappa shape index (κ3) is 1.90. The number of alkyl halides is 3. The Bertz CT molecular complexity index is 313. The highest BCUT2D eigenvalue weighted by atomic mass is 19.4. The van der Waals surface area contributed by atoms with Crippen molar-refractivity contribution in [3.8, 4) is 0 Å². The van der Waals surface area contributed by atoms with Crippen molar-refractivity contribution in [3.63, 3.8) is 0 Å². The van der Waals surface area contributed by atoms with Crippen LogP contribution in [0.4, 0.5) is 13.2 Å². The fourth-order valence-electron chi connectivity index (χ4n) is 1.85. The van der Waals surface area contributed by atoms with Gasteiger partial charge in [-0.1, -0.05) is 19.1 Å². The highest BCUT2D eigenvalue weighted by Crippen LogP contribution is 2.45. The molecule has 0 saturated heterocycles. The van der Waals surface area contributed by atoms with Gasteiger partial charge in [-0.15, -0.1) is 0 Å². The lowest BCUT2D eigenvalue weighted by Crippen LogP contribution is -2.51. The van der Waals surface area contributed by atoms with E-state index in [0.717, 1.165) is 6.08 Å². The number of halogens is 3.